The minimum atomic E-state index is -1.49. The molecule has 4 heteroatoms. The van der Waals surface area contributed by atoms with E-state index < -0.39 is 11.9 Å². The van der Waals surface area contributed by atoms with E-state index in [1.807, 2.05) is 0 Å². The van der Waals surface area contributed by atoms with Gasteiger partial charge in [-0.05, 0) is 19.9 Å². The van der Waals surface area contributed by atoms with E-state index in [0.717, 1.165) is 0 Å². The lowest BCUT2D eigenvalue weighted by Crippen LogP contribution is -2.29. The number of aldehydes is 1. The molecule has 0 radical (unpaired) electrons. The molecular formula is C11H14O4. The number of hydrogen-bond acceptors (Lipinski definition) is 4. The molecule has 0 saturated carbocycles. The number of ether oxygens (including phenoxy) is 1. The zero-order valence-corrected chi connectivity index (χ0v) is 8.68. The summed E-state index contributed by atoms with van der Waals surface area (Å²) in [4.78, 5) is 10.3. The summed E-state index contributed by atoms with van der Waals surface area (Å²) < 4.78 is 5.08. The zero-order valence-electron chi connectivity index (χ0n) is 8.68. The molecule has 1 aromatic rings. The summed E-state index contributed by atoms with van der Waals surface area (Å²) in [6.45, 7) is 3.32. The molecule has 1 rings (SSSR count). The first-order chi connectivity index (χ1) is 6.97. The molecule has 0 aliphatic heterocycles. The Labute approximate surface area is 88.1 Å². The fraction of sp³-hybridized carbons (Fsp3) is 0.364. The summed E-state index contributed by atoms with van der Waals surface area (Å²) in [5, 5.41) is 18.7. The van der Waals surface area contributed by atoms with Crippen molar-refractivity contribution in [1.29, 1.82) is 0 Å². The number of phenols is 1. The Morgan fingerprint density at radius 3 is 2.53 bits per heavy atom. The van der Waals surface area contributed by atoms with Crippen LogP contribution in [0.25, 0.3) is 0 Å². The van der Waals surface area contributed by atoms with Gasteiger partial charge in [0.15, 0.2) is 6.29 Å². The average Bonchev–Trinajstić information content (AvgIpc) is 2.17. The molecule has 82 valence electrons. The molecule has 15 heavy (non-hydrogen) atoms. The van der Waals surface area contributed by atoms with Gasteiger partial charge in [0.1, 0.15) is 5.75 Å². The van der Waals surface area contributed by atoms with E-state index >= 15 is 0 Å². The number of aliphatic hydroxyl groups is 1. The van der Waals surface area contributed by atoms with E-state index in [-0.39, 0.29) is 5.75 Å². The molecule has 0 fully saturated rings. The molecule has 0 saturated heterocycles. The summed E-state index contributed by atoms with van der Waals surface area (Å²) in [6, 6.07) is 6.62. The van der Waals surface area contributed by atoms with Gasteiger partial charge in [-0.1, -0.05) is 18.2 Å². The maximum Gasteiger partial charge on any atom is 0.213 e. The van der Waals surface area contributed by atoms with Gasteiger partial charge in [-0.3, -0.25) is 4.79 Å². The monoisotopic (exact) mass is 210 g/mol. The van der Waals surface area contributed by atoms with Crippen molar-refractivity contribution in [1.82, 2.24) is 0 Å². The highest BCUT2D eigenvalue weighted by Gasteiger charge is 2.27. The van der Waals surface area contributed by atoms with Gasteiger partial charge in [-0.15, -0.1) is 0 Å². The molecule has 0 aromatic heterocycles. The molecule has 0 aliphatic rings. The highest BCUT2D eigenvalue weighted by Crippen LogP contribution is 2.32. The van der Waals surface area contributed by atoms with Gasteiger partial charge in [0.05, 0.1) is 5.60 Å². The highest BCUT2D eigenvalue weighted by atomic mass is 16.6. The molecule has 4 nitrogen and oxygen atoms in total. The van der Waals surface area contributed by atoms with Crippen LogP contribution in [0.5, 0.6) is 5.75 Å². The van der Waals surface area contributed by atoms with E-state index in [4.69, 9.17) is 9.84 Å². The largest absolute Gasteiger partial charge is 0.508 e. The van der Waals surface area contributed by atoms with Gasteiger partial charge in [0.2, 0.25) is 6.29 Å². The number of para-hydroxylation sites is 1. The number of rotatable bonds is 4. The van der Waals surface area contributed by atoms with Crippen molar-refractivity contribution in [2.24, 2.45) is 0 Å². The first-order valence-electron chi connectivity index (χ1n) is 4.57. The Hall–Kier alpha value is -1.39. The normalized spacial score (nSPS) is 13.5. The molecule has 1 aromatic carbocycles. The molecule has 0 amide bonds. The van der Waals surface area contributed by atoms with Gasteiger partial charge >= 0.3 is 0 Å². The molecule has 0 spiro atoms. The molecule has 0 heterocycles. The average molecular weight is 210 g/mol. The molecule has 0 bridgehead atoms. The maximum absolute atomic E-state index is 10.3. The Bertz CT molecular complexity index is 346. The van der Waals surface area contributed by atoms with Gasteiger partial charge in [-0.25, -0.2) is 0 Å². The quantitative estimate of drug-likeness (QED) is 0.578. The van der Waals surface area contributed by atoms with Crippen LogP contribution >= 0.6 is 0 Å². The van der Waals surface area contributed by atoms with Crippen LogP contribution in [0.3, 0.4) is 0 Å². The van der Waals surface area contributed by atoms with Crippen molar-refractivity contribution in [2.75, 3.05) is 0 Å². The van der Waals surface area contributed by atoms with Gasteiger partial charge in [0, 0.05) is 5.56 Å². The topological polar surface area (TPSA) is 66.8 Å². The van der Waals surface area contributed by atoms with Crippen molar-refractivity contribution < 1.29 is 19.7 Å². The van der Waals surface area contributed by atoms with Crippen LogP contribution < -0.4 is 0 Å². The number of phenolic OH excluding ortho intramolecular Hbond substituents is 1. The Kier molecular flexibility index (Phi) is 3.44. The van der Waals surface area contributed by atoms with E-state index in [1.165, 1.54) is 6.07 Å². The Morgan fingerprint density at radius 1 is 1.40 bits per heavy atom. The van der Waals surface area contributed by atoms with E-state index in [0.29, 0.717) is 11.8 Å². The van der Waals surface area contributed by atoms with Crippen LogP contribution in [-0.2, 0) is 15.1 Å². The fourth-order valence-corrected chi connectivity index (χ4v) is 1.38. The lowest BCUT2D eigenvalue weighted by Gasteiger charge is -2.27. The molecule has 2 N–H and O–H groups in total. The number of benzene rings is 1. The molecular weight excluding hydrogens is 196 g/mol. The summed E-state index contributed by atoms with van der Waals surface area (Å²) in [5.41, 5.74) is -0.406. The van der Waals surface area contributed by atoms with E-state index in [2.05, 4.69) is 0 Å². The molecule has 0 aliphatic carbocycles. The van der Waals surface area contributed by atoms with Gasteiger partial charge < -0.3 is 14.9 Å². The molecule has 1 unspecified atom stereocenters. The zero-order chi connectivity index (χ0) is 11.5. The van der Waals surface area contributed by atoms with Gasteiger partial charge in [-0.2, -0.15) is 0 Å². The van der Waals surface area contributed by atoms with Crippen molar-refractivity contribution >= 4 is 6.29 Å². The van der Waals surface area contributed by atoms with E-state index in [9.17, 15) is 9.90 Å². The third-order valence-corrected chi connectivity index (χ3v) is 2.08. The third kappa shape index (κ3) is 2.78. The second-order valence-corrected chi connectivity index (χ2v) is 3.67. The number of aliphatic hydroxyl groups excluding tert-OH is 1. The first kappa shape index (κ1) is 11.7. The smallest absolute Gasteiger partial charge is 0.213 e. The standard InChI is InChI=1S/C11H14O4/c1-11(2,15-10(14)7-12)8-5-3-4-6-9(8)13/h3-7,10,13-14H,1-2H3. The number of aromatic hydroxyl groups is 1. The summed E-state index contributed by atoms with van der Waals surface area (Å²) in [6.07, 6.45) is -1.19. The summed E-state index contributed by atoms with van der Waals surface area (Å²) in [7, 11) is 0. The minimum Gasteiger partial charge on any atom is -0.508 e. The summed E-state index contributed by atoms with van der Waals surface area (Å²) >= 11 is 0. The lowest BCUT2D eigenvalue weighted by atomic mass is 9.97. The van der Waals surface area contributed by atoms with Crippen LogP contribution in [0.15, 0.2) is 24.3 Å². The number of carbonyl (C=O) groups is 1. The number of hydrogen-bond donors (Lipinski definition) is 2. The summed E-state index contributed by atoms with van der Waals surface area (Å²) in [5.74, 6) is 0.0700. The van der Waals surface area contributed by atoms with Crippen LogP contribution in [0.1, 0.15) is 19.4 Å². The predicted molar refractivity (Wildman–Crippen MR) is 54.3 cm³/mol. The van der Waals surface area contributed by atoms with Crippen LogP contribution in [-0.4, -0.2) is 22.8 Å². The van der Waals surface area contributed by atoms with Gasteiger partial charge in [0.25, 0.3) is 0 Å². The van der Waals surface area contributed by atoms with Crippen molar-refractivity contribution in [3.63, 3.8) is 0 Å². The SMILES string of the molecule is CC(C)(OC(O)C=O)c1ccccc1O. The number of carbonyl (C=O) groups excluding carboxylic acids is 1. The van der Waals surface area contributed by atoms with Crippen LogP contribution in [0.4, 0.5) is 0 Å². The second-order valence-electron chi connectivity index (χ2n) is 3.67. The predicted octanol–water partition coefficient (Wildman–Crippen LogP) is 1.16. The van der Waals surface area contributed by atoms with Crippen molar-refractivity contribution in [3.8, 4) is 5.75 Å². The lowest BCUT2D eigenvalue weighted by molar-refractivity contribution is -0.177. The maximum atomic E-state index is 10.3. The van der Waals surface area contributed by atoms with Crippen LogP contribution in [0, 0.1) is 0 Å². The fourth-order valence-electron chi connectivity index (χ4n) is 1.38. The molecule has 1 atom stereocenters. The Morgan fingerprint density at radius 2 is 2.00 bits per heavy atom. The van der Waals surface area contributed by atoms with Crippen molar-refractivity contribution in [3.05, 3.63) is 29.8 Å². The third-order valence-electron chi connectivity index (χ3n) is 2.08. The van der Waals surface area contributed by atoms with E-state index in [1.54, 1.807) is 32.0 Å². The van der Waals surface area contributed by atoms with Crippen LogP contribution in [0.2, 0.25) is 0 Å². The van der Waals surface area contributed by atoms with Crippen molar-refractivity contribution in [2.45, 2.75) is 25.7 Å². The second kappa shape index (κ2) is 4.42. The first-order valence-corrected chi connectivity index (χ1v) is 4.57. The Balaban J connectivity index is 2.95. The minimum absolute atomic E-state index is 0.0700. The highest BCUT2D eigenvalue weighted by molar-refractivity contribution is 5.53.